The molecule has 0 amide bonds. The number of aliphatic carboxylic acids is 1. The second kappa shape index (κ2) is 7.47. The molecular formula is C14H20N2O4. The molecule has 1 heterocycles. The number of nitrogens with one attached hydrogen (secondary N) is 1. The van der Waals surface area contributed by atoms with Crippen LogP contribution in [0.15, 0.2) is 12.1 Å². The summed E-state index contributed by atoms with van der Waals surface area (Å²) in [5.41, 5.74) is 1.04. The molecule has 1 unspecified atom stereocenters. The summed E-state index contributed by atoms with van der Waals surface area (Å²) in [4.78, 5) is 26.3. The van der Waals surface area contributed by atoms with Crippen molar-refractivity contribution in [1.29, 1.82) is 0 Å². The van der Waals surface area contributed by atoms with E-state index in [1.165, 1.54) is 7.11 Å². The standard InChI is InChI=1S/C14H20N2O4/c1-9(13(17)18)5-4-8-15-12-7-6-11(10(2)16-12)14(19)20-3/h6-7,9H,4-5,8H2,1-3H3,(H,15,16)(H,17,18). The van der Waals surface area contributed by atoms with Gasteiger partial charge in [-0.25, -0.2) is 9.78 Å². The maximum atomic E-state index is 11.4. The van der Waals surface area contributed by atoms with Crippen LogP contribution >= 0.6 is 0 Å². The Labute approximate surface area is 118 Å². The van der Waals surface area contributed by atoms with Crippen molar-refractivity contribution in [1.82, 2.24) is 4.98 Å². The fourth-order valence-electron chi connectivity index (χ4n) is 1.73. The molecule has 20 heavy (non-hydrogen) atoms. The van der Waals surface area contributed by atoms with Gasteiger partial charge >= 0.3 is 11.9 Å². The number of aromatic nitrogens is 1. The van der Waals surface area contributed by atoms with E-state index in [0.717, 1.165) is 6.42 Å². The molecule has 110 valence electrons. The molecule has 0 saturated carbocycles. The molecule has 0 spiro atoms. The summed E-state index contributed by atoms with van der Waals surface area (Å²) in [5.74, 6) is -0.857. The SMILES string of the molecule is COC(=O)c1ccc(NCCCC(C)C(=O)O)nc1C. The van der Waals surface area contributed by atoms with Crippen LogP contribution < -0.4 is 5.32 Å². The average molecular weight is 280 g/mol. The Morgan fingerprint density at radius 3 is 2.70 bits per heavy atom. The van der Waals surface area contributed by atoms with Crippen molar-refractivity contribution < 1.29 is 19.4 Å². The van der Waals surface area contributed by atoms with Gasteiger partial charge in [0, 0.05) is 6.54 Å². The monoisotopic (exact) mass is 280 g/mol. The number of rotatable bonds is 7. The number of carbonyl (C=O) groups is 2. The van der Waals surface area contributed by atoms with E-state index in [4.69, 9.17) is 5.11 Å². The maximum absolute atomic E-state index is 11.4. The van der Waals surface area contributed by atoms with Crippen LogP contribution in [0, 0.1) is 12.8 Å². The van der Waals surface area contributed by atoms with Crippen molar-refractivity contribution >= 4 is 17.8 Å². The highest BCUT2D eigenvalue weighted by Gasteiger charge is 2.11. The minimum absolute atomic E-state index is 0.340. The number of pyridine rings is 1. The maximum Gasteiger partial charge on any atom is 0.339 e. The summed E-state index contributed by atoms with van der Waals surface area (Å²) in [5, 5.41) is 11.9. The first-order chi connectivity index (χ1) is 9.45. The van der Waals surface area contributed by atoms with Crippen LogP contribution in [0.4, 0.5) is 5.82 Å². The predicted octanol–water partition coefficient (Wildman–Crippen LogP) is 2.09. The lowest BCUT2D eigenvalue weighted by Gasteiger charge is -2.09. The van der Waals surface area contributed by atoms with Crippen molar-refractivity contribution in [2.75, 3.05) is 19.0 Å². The number of anilines is 1. The van der Waals surface area contributed by atoms with Gasteiger partial charge in [-0.15, -0.1) is 0 Å². The number of methoxy groups -OCH3 is 1. The van der Waals surface area contributed by atoms with E-state index in [2.05, 4.69) is 15.0 Å². The van der Waals surface area contributed by atoms with Crippen molar-refractivity contribution in [2.45, 2.75) is 26.7 Å². The van der Waals surface area contributed by atoms with Crippen molar-refractivity contribution in [3.63, 3.8) is 0 Å². The first-order valence-corrected chi connectivity index (χ1v) is 6.48. The van der Waals surface area contributed by atoms with Crippen LogP contribution in [0.5, 0.6) is 0 Å². The number of carbonyl (C=O) groups excluding carboxylic acids is 1. The van der Waals surface area contributed by atoms with Crippen LogP contribution in [0.2, 0.25) is 0 Å². The second-order valence-corrected chi connectivity index (χ2v) is 4.63. The van der Waals surface area contributed by atoms with Gasteiger partial charge in [0.15, 0.2) is 0 Å². The number of carboxylic acids is 1. The highest BCUT2D eigenvalue weighted by molar-refractivity contribution is 5.90. The number of carboxylic acid groups (broad SMARTS) is 1. The molecule has 0 aliphatic rings. The van der Waals surface area contributed by atoms with Crippen LogP contribution in [0.25, 0.3) is 0 Å². The topological polar surface area (TPSA) is 88.5 Å². The smallest absolute Gasteiger partial charge is 0.339 e. The molecule has 0 aliphatic carbocycles. The van der Waals surface area contributed by atoms with Crippen LogP contribution in [-0.2, 0) is 9.53 Å². The van der Waals surface area contributed by atoms with E-state index < -0.39 is 11.9 Å². The molecule has 2 N–H and O–H groups in total. The summed E-state index contributed by atoms with van der Waals surface area (Å²) in [6.07, 6.45) is 1.36. The van der Waals surface area contributed by atoms with Gasteiger partial charge in [0.1, 0.15) is 5.82 Å². The second-order valence-electron chi connectivity index (χ2n) is 4.63. The predicted molar refractivity (Wildman–Crippen MR) is 74.8 cm³/mol. The molecule has 0 aromatic carbocycles. The van der Waals surface area contributed by atoms with Crippen LogP contribution in [-0.4, -0.2) is 35.7 Å². The molecule has 1 aromatic heterocycles. The molecule has 0 aliphatic heterocycles. The lowest BCUT2D eigenvalue weighted by molar-refractivity contribution is -0.141. The van der Waals surface area contributed by atoms with E-state index in [1.54, 1.807) is 26.0 Å². The Kier molecular flexibility index (Phi) is 5.96. The summed E-state index contributed by atoms with van der Waals surface area (Å²) in [6.45, 7) is 4.07. The zero-order valence-electron chi connectivity index (χ0n) is 12.0. The Balaban J connectivity index is 2.48. The lowest BCUT2D eigenvalue weighted by atomic mass is 10.1. The van der Waals surface area contributed by atoms with Gasteiger partial charge in [0.2, 0.25) is 0 Å². The molecule has 6 heteroatoms. The Hall–Kier alpha value is -2.11. The number of aryl methyl sites for hydroxylation is 1. The molecule has 1 rings (SSSR count). The zero-order valence-corrected chi connectivity index (χ0v) is 12.0. The van der Waals surface area contributed by atoms with Gasteiger partial charge in [0.05, 0.1) is 24.3 Å². The first-order valence-electron chi connectivity index (χ1n) is 6.48. The molecule has 0 saturated heterocycles. The Morgan fingerprint density at radius 1 is 1.45 bits per heavy atom. The normalized spacial score (nSPS) is 11.8. The number of hydrogen-bond donors (Lipinski definition) is 2. The lowest BCUT2D eigenvalue weighted by Crippen LogP contribution is -2.12. The molecule has 0 radical (unpaired) electrons. The minimum atomic E-state index is -0.776. The highest BCUT2D eigenvalue weighted by atomic mass is 16.5. The van der Waals surface area contributed by atoms with Crippen molar-refractivity contribution in [3.8, 4) is 0 Å². The quantitative estimate of drug-likeness (QED) is 0.587. The van der Waals surface area contributed by atoms with E-state index >= 15 is 0 Å². The van der Waals surface area contributed by atoms with Crippen LogP contribution in [0.1, 0.15) is 35.8 Å². The van der Waals surface area contributed by atoms with Gasteiger partial charge < -0.3 is 15.2 Å². The van der Waals surface area contributed by atoms with Gasteiger partial charge in [-0.2, -0.15) is 0 Å². The molecule has 0 bridgehead atoms. The molecule has 1 atom stereocenters. The van der Waals surface area contributed by atoms with Gasteiger partial charge in [-0.05, 0) is 31.9 Å². The number of esters is 1. The molecule has 0 fully saturated rings. The Morgan fingerprint density at radius 2 is 2.15 bits per heavy atom. The third-order valence-electron chi connectivity index (χ3n) is 3.03. The van der Waals surface area contributed by atoms with Crippen molar-refractivity contribution in [2.24, 2.45) is 5.92 Å². The van der Waals surface area contributed by atoms with Gasteiger partial charge in [-0.1, -0.05) is 6.92 Å². The average Bonchev–Trinajstić information content (AvgIpc) is 2.42. The first kappa shape index (κ1) is 15.9. The fourth-order valence-corrected chi connectivity index (χ4v) is 1.73. The summed E-state index contributed by atoms with van der Waals surface area (Å²) < 4.78 is 4.65. The minimum Gasteiger partial charge on any atom is -0.481 e. The third kappa shape index (κ3) is 4.53. The van der Waals surface area contributed by atoms with E-state index in [0.29, 0.717) is 30.0 Å². The Bertz CT molecular complexity index is 488. The van der Waals surface area contributed by atoms with Crippen LogP contribution in [0.3, 0.4) is 0 Å². The van der Waals surface area contributed by atoms with Gasteiger partial charge in [0.25, 0.3) is 0 Å². The molecular weight excluding hydrogens is 260 g/mol. The van der Waals surface area contributed by atoms with E-state index in [1.807, 2.05) is 0 Å². The largest absolute Gasteiger partial charge is 0.481 e. The van der Waals surface area contributed by atoms with Gasteiger partial charge in [-0.3, -0.25) is 4.79 Å². The molecule has 6 nitrogen and oxygen atoms in total. The number of ether oxygens (including phenoxy) is 1. The zero-order chi connectivity index (χ0) is 15.1. The number of hydrogen-bond acceptors (Lipinski definition) is 5. The number of nitrogens with zero attached hydrogens (tertiary/aromatic N) is 1. The van der Waals surface area contributed by atoms with Crippen molar-refractivity contribution in [3.05, 3.63) is 23.4 Å². The summed E-state index contributed by atoms with van der Waals surface area (Å²) >= 11 is 0. The van der Waals surface area contributed by atoms with E-state index in [9.17, 15) is 9.59 Å². The third-order valence-corrected chi connectivity index (χ3v) is 3.03. The summed E-state index contributed by atoms with van der Waals surface area (Å²) in [6, 6.07) is 3.37. The highest BCUT2D eigenvalue weighted by Crippen LogP contribution is 2.12. The fraction of sp³-hybridized carbons (Fsp3) is 0.500. The molecule has 1 aromatic rings. The summed E-state index contributed by atoms with van der Waals surface area (Å²) in [7, 11) is 1.33. The van der Waals surface area contributed by atoms with E-state index in [-0.39, 0.29) is 5.92 Å².